The van der Waals surface area contributed by atoms with Crippen LogP contribution in [-0.4, -0.2) is 0 Å². The van der Waals surface area contributed by atoms with Gasteiger partial charge < -0.3 is 0 Å². The summed E-state index contributed by atoms with van der Waals surface area (Å²) in [6.07, 6.45) is 7.99. The second-order valence-corrected chi connectivity index (χ2v) is 4.92. The summed E-state index contributed by atoms with van der Waals surface area (Å²) in [4.78, 5) is 0. The maximum absolute atomic E-state index is 2.47. The molecule has 1 aromatic carbocycles. The van der Waals surface area contributed by atoms with Gasteiger partial charge in [-0.05, 0) is 54.7 Å². The SMILES string of the molecule is CCCC(C)c1ccc2c(c1)CCCC2. The van der Waals surface area contributed by atoms with Gasteiger partial charge in [0.2, 0.25) is 0 Å². The molecule has 0 heteroatoms. The zero-order valence-electron chi connectivity index (χ0n) is 10.1. The van der Waals surface area contributed by atoms with Gasteiger partial charge in [-0.1, -0.05) is 38.5 Å². The minimum absolute atomic E-state index is 0.738. The lowest BCUT2D eigenvalue weighted by molar-refractivity contribution is 0.653. The zero-order chi connectivity index (χ0) is 10.7. The van der Waals surface area contributed by atoms with Gasteiger partial charge in [-0.3, -0.25) is 0 Å². The van der Waals surface area contributed by atoms with Crippen molar-refractivity contribution in [2.45, 2.75) is 58.3 Å². The highest BCUT2D eigenvalue weighted by Crippen LogP contribution is 2.27. The van der Waals surface area contributed by atoms with E-state index >= 15 is 0 Å². The fourth-order valence-corrected chi connectivity index (χ4v) is 2.66. The molecule has 1 unspecified atom stereocenters. The maximum atomic E-state index is 2.47. The number of aryl methyl sites for hydroxylation is 2. The summed E-state index contributed by atoms with van der Waals surface area (Å²) in [7, 11) is 0. The molecule has 0 saturated carbocycles. The van der Waals surface area contributed by atoms with Crippen LogP contribution in [0.4, 0.5) is 0 Å². The lowest BCUT2D eigenvalue weighted by Crippen LogP contribution is -2.04. The van der Waals surface area contributed by atoms with Crippen molar-refractivity contribution in [3.8, 4) is 0 Å². The highest BCUT2D eigenvalue weighted by atomic mass is 14.2. The lowest BCUT2D eigenvalue weighted by atomic mass is 9.87. The Labute approximate surface area is 93.7 Å². The quantitative estimate of drug-likeness (QED) is 0.678. The van der Waals surface area contributed by atoms with Gasteiger partial charge in [0.25, 0.3) is 0 Å². The first-order chi connectivity index (χ1) is 7.31. The molecule has 0 aliphatic heterocycles. The lowest BCUT2D eigenvalue weighted by Gasteiger charge is -2.19. The Morgan fingerprint density at radius 3 is 2.60 bits per heavy atom. The Balaban J connectivity index is 2.20. The minimum atomic E-state index is 0.738. The molecule has 0 fully saturated rings. The number of rotatable bonds is 3. The molecule has 82 valence electrons. The third kappa shape index (κ3) is 2.42. The third-order valence-electron chi connectivity index (χ3n) is 3.66. The van der Waals surface area contributed by atoms with Crippen molar-refractivity contribution >= 4 is 0 Å². The van der Waals surface area contributed by atoms with Crippen molar-refractivity contribution in [1.29, 1.82) is 0 Å². The van der Waals surface area contributed by atoms with Crippen LogP contribution in [0.15, 0.2) is 18.2 Å². The molecular weight excluding hydrogens is 180 g/mol. The van der Waals surface area contributed by atoms with Crippen LogP contribution in [0, 0.1) is 0 Å². The Hall–Kier alpha value is -0.780. The molecule has 1 atom stereocenters. The van der Waals surface area contributed by atoms with E-state index in [9.17, 15) is 0 Å². The number of benzene rings is 1. The first-order valence-electron chi connectivity index (χ1n) is 6.43. The van der Waals surface area contributed by atoms with E-state index in [0.717, 1.165) is 5.92 Å². The van der Waals surface area contributed by atoms with Gasteiger partial charge in [-0.2, -0.15) is 0 Å². The van der Waals surface area contributed by atoms with E-state index in [1.807, 2.05) is 0 Å². The fraction of sp³-hybridized carbons (Fsp3) is 0.600. The first-order valence-corrected chi connectivity index (χ1v) is 6.43. The first kappa shape index (κ1) is 10.7. The monoisotopic (exact) mass is 202 g/mol. The molecule has 15 heavy (non-hydrogen) atoms. The molecule has 0 saturated heterocycles. The van der Waals surface area contributed by atoms with Crippen molar-refractivity contribution in [2.75, 3.05) is 0 Å². The van der Waals surface area contributed by atoms with E-state index in [0.29, 0.717) is 0 Å². The average molecular weight is 202 g/mol. The van der Waals surface area contributed by atoms with E-state index in [2.05, 4.69) is 32.0 Å². The molecule has 1 aliphatic carbocycles. The van der Waals surface area contributed by atoms with Crippen molar-refractivity contribution in [1.82, 2.24) is 0 Å². The highest BCUT2D eigenvalue weighted by molar-refractivity contribution is 5.35. The molecule has 0 bridgehead atoms. The van der Waals surface area contributed by atoms with Crippen LogP contribution in [0.5, 0.6) is 0 Å². The topological polar surface area (TPSA) is 0 Å². The third-order valence-corrected chi connectivity index (χ3v) is 3.66. The normalized spacial score (nSPS) is 17.2. The summed E-state index contributed by atoms with van der Waals surface area (Å²) in [5.41, 5.74) is 4.79. The Morgan fingerprint density at radius 2 is 1.87 bits per heavy atom. The van der Waals surface area contributed by atoms with Crippen molar-refractivity contribution < 1.29 is 0 Å². The summed E-state index contributed by atoms with van der Waals surface area (Å²) in [5.74, 6) is 0.738. The highest BCUT2D eigenvalue weighted by Gasteiger charge is 2.11. The van der Waals surface area contributed by atoms with Gasteiger partial charge in [0, 0.05) is 0 Å². The molecule has 0 N–H and O–H groups in total. The molecule has 0 radical (unpaired) electrons. The van der Waals surface area contributed by atoms with Crippen LogP contribution in [0.2, 0.25) is 0 Å². The van der Waals surface area contributed by atoms with Gasteiger partial charge in [-0.25, -0.2) is 0 Å². The zero-order valence-corrected chi connectivity index (χ0v) is 10.1. The standard InChI is InChI=1S/C15H22/c1-3-6-12(2)14-10-9-13-7-4-5-8-15(13)11-14/h9-12H,3-8H2,1-2H3. The van der Waals surface area contributed by atoms with E-state index in [-0.39, 0.29) is 0 Å². The maximum Gasteiger partial charge on any atom is -0.0190 e. The van der Waals surface area contributed by atoms with Gasteiger partial charge >= 0.3 is 0 Å². The molecular formula is C15H22. The van der Waals surface area contributed by atoms with Crippen molar-refractivity contribution in [2.24, 2.45) is 0 Å². The molecule has 1 aliphatic rings. The summed E-state index contributed by atoms with van der Waals surface area (Å²) >= 11 is 0. The Bertz CT molecular complexity index is 325. The summed E-state index contributed by atoms with van der Waals surface area (Å²) in [5, 5.41) is 0. The Kier molecular flexibility index (Phi) is 3.45. The second-order valence-electron chi connectivity index (χ2n) is 4.92. The predicted octanol–water partition coefficient (Wildman–Crippen LogP) is 4.47. The Morgan fingerprint density at radius 1 is 1.13 bits per heavy atom. The van der Waals surface area contributed by atoms with E-state index in [1.165, 1.54) is 38.5 Å². The van der Waals surface area contributed by atoms with E-state index < -0.39 is 0 Å². The van der Waals surface area contributed by atoms with Crippen LogP contribution >= 0.6 is 0 Å². The van der Waals surface area contributed by atoms with Gasteiger partial charge in [-0.15, -0.1) is 0 Å². The summed E-state index contributed by atoms with van der Waals surface area (Å²) in [6.45, 7) is 4.63. The van der Waals surface area contributed by atoms with Gasteiger partial charge in [0.1, 0.15) is 0 Å². The van der Waals surface area contributed by atoms with E-state index in [1.54, 1.807) is 16.7 Å². The largest absolute Gasteiger partial charge is 0.0654 e. The van der Waals surface area contributed by atoms with Gasteiger partial charge in [0.15, 0.2) is 0 Å². The van der Waals surface area contributed by atoms with Crippen molar-refractivity contribution in [3.05, 3.63) is 34.9 Å². The second kappa shape index (κ2) is 4.83. The van der Waals surface area contributed by atoms with Crippen LogP contribution in [-0.2, 0) is 12.8 Å². The van der Waals surface area contributed by atoms with Crippen LogP contribution in [0.25, 0.3) is 0 Å². The smallest absolute Gasteiger partial charge is 0.0190 e. The van der Waals surface area contributed by atoms with Gasteiger partial charge in [0.05, 0.1) is 0 Å². The van der Waals surface area contributed by atoms with Crippen LogP contribution in [0.1, 0.15) is 62.1 Å². The average Bonchev–Trinajstić information content (AvgIpc) is 2.29. The molecule has 0 nitrogen and oxygen atoms in total. The fourth-order valence-electron chi connectivity index (χ4n) is 2.66. The van der Waals surface area contributed by atoms with Crippen molar-refractivity contribution in [3.63, 3.8) is 0 Å². The molecule has 0 aromatic heterocycles. The summed E-state index contributed by atoms with van der Waals surface area (Å²) < 4.78 is 0. The molecule has 0 heterocycles. The number of fused-ring (bicyclic) bond motifs is 1. The number of hydrogen-bond donors (Lipinski definition) is 0. The molecule has 2 rings (SSSR count). The summed E-state index contributed by atoms with van der Waals surface area (Å²) in [6, 6.07) is 7.19. The predicted molar refractivity (Wildman–Crippen MR) is 66.4 cm³/mol. The minimum Gasteiger partial charge on any atom is -0.0654 e. The van der Waals surface area contributed by atoms with Crippen LogP contribution in [0.3, 0.4) is 0 Å². The van der Waals surface area contributed by atoms with Crippen LogP contribution < -0.4 is 0 Å². The molecule has 0 amide bonds. The molecule has 1 aromatic rings. The number of hydrogen-bond acceptors (Lipinski definition) is 0. The molecule has 0 spiro atoms. The van der Waals surface area contributed by atoms with E-state index in [4.69, 9.17) is 0 Å².